The van der Waals surface area contributed by atoms with Crippen LogP contribution in [0.4, 0.5) is 4.39 Å². The number of hydrogen-bond donors (Lipinski definition) is 1. The highest BCUT2D eigenvalue weighted by molar-refractivity contribution is 7.21. The van der Waals surface area contributed by atoms with Gasteiger partial charge in [0.15, 0.2) is 6.61 Å². The normalized spacial score (nSPS) is 19.3. The molecule has 2 heterocycles. The average molecular weight is 469 g/mol. The molecular formula is C22H26ClFN2O4S. The first-order valence-electron chi connectivity index (χ1n) is 10.6. The standard InChI is InChI=1S/C22H26ClFN2O4S/c23-19-16-5-4-15(24)12-17(16)31-20(19)21(28)30-13-18(27)25-14-22(6-2-1-3-7-22)26-8-10-29-11-9-26/h4-5,12H,1-3,6-11,13-14H2,(H,25,27). The van der Waals surface area contributed by atoms with Crippen LogP contribution < -0.4 is 5.32 Å². The molecule has 2 aromatic rings. The minimum Gasteiger partial charge on any atom is -0.451 e. The summed E-state index contributed by atoms with van der Waals surface area (Å²) in [5.41, 5.74) is -0.0550. The van der Waals surface area contributed by atoms with Gasteiger partial charge in [0.1, 0.15) is 10.7 Å². The van der Waals surface area contributed by atoms with Gasteiger partial charge in [-0.3, -0.25) is 9.69 Å². The van der Waals surface area contributed by atoms with E-state index in [1.807, 2.05) is 0 Å². The number of ether oxygens (including phenoxy) is 2. The zero-order chi connectivity index (χ0) is 21.8. The first kappa shape index (κ1) is 22.5. The van der Waals surface area contributed by atoms with E-state index in [1.165, 1.54) is 24.6 Å². The number of benzene rings is 1. The van der Waals surface area contributed by atoms with E-state index in [9.17, 15) is 14.0 Å². The van der Waals surface area contributed by atoms with Gasteiger partial charge in [0.2, 0.25) is 0 Å². The highest BCUT2D eigenvalue weighted by Crippen LogP contribution is 2.36. The highest BCUT2D eigenvalue weighted by Gasteiger charge is 2.38. The van der Waals surface area contributed by atoms with Gasteiger partial charge < -0.3 is 14.8 Å². The number of morpholine rings is 1. The molecule has 168 valence electrons. The Morgan fingerprint density at radius 1 is 1.23 bits per heavy atom. The lowest BCUT2D eigenvalue weighted by Gasteiger charge is -2.48. The Hall–Kier alpha value is -1.74. The molecule has 2 aliphatic rings. The molecule has 31 heavy (non-hydrogen) atoms. The molecule has 4 rings (SSSR count). The van der Waals surface area contributed by atoms with Crippen LogP contribution in [0.3, 0.4) is 0 Å². The first-order valence-corrected chi connectivity index (χ1v) is 11.8. The molecule has 1 aromatic carbocycles. The van der Waals surface area contributed by atoms with E-state index in [0.717, 1.165) is 50.1 Å². The van der Waals surface area contributed by atoms with Crippen molar-refractivity contribution < 1.29 is 23.5 Å². The SMILES string of the molecule is O=C(COC(=O)c1sc2cc(F)ccc2c1Cl)NCC1(N2CCOCC2)CCCCC1. The summed E-state index contributed by atoms with van der Waals surface area (Å²) in [4.78, 5) is 27.5. The van der Waals surface area contributed by atoms with Crippen molar-refractivity contribution in [3.8, 4) is 0 Å². The molecule has 0 bridgehead atoms. The summed E-state index contributed by atoms with van der Waals surface area (Å²) in [6.07, 6.45) is 5.60. The maximum atomic E-state index is 13.4. The highest BCUT2D eigenvalue weighted by atomic mass is 35.5. The van der Waals surface area contributed by atoms with Gasteiger partial charge in [-0.15, -0.1) is 11.3 Å². The van der Waals surface area contributed by atoms with E-state index < -0.39 is 11.8 Å². The van der Waals surface area contributed by atoms with Crippen LogP contribution in [0.25, 0.3) is 10.1 Å². The number of nitrogens with zero attached hydrogens (tertiary/aromatic N) is 1. The van der Waals surface area contributed by atoms with E-state index in [1.54, 1.807) is 0 Å². The van der Waals surface area contributed by atoms with Crippen LogP contribution in [0.1, 0.15) is 41.8 Å². The molecule has 2 fully saturated rings. The molecule has 0 atom stereocenters. The van der Waals surface area contributed by atoms with E-state index in [-0.39, 0.29) is 28.0 Å². The van der Waals surface area contributed by atoms with E-state index in [0.29, 0.717) is 29.8 Å². The second-order valence-electron chi connectivity index (χ2n) is 8.12. The van der Waals surface area contributed by atoms with Gasteiger partial charge in [0.25, 0.3) is 5.91 Å². The molecule has 0 spiro atoms. The van der Waals surface area contributed by atoms with Gasteiger partial charge in [0.05, 0.1) is 18.2 Å². The van der Waals surface area contributed by atoms with Gasteiger partial charge >= 0.3 is 5.97 Å². The predicted molar refractivity (Wildman–Crippen MR) is 118 cm³/mol. The quantitative estimate of drug-likeness (QED) is 0.649. The average Bonchev–Trinajstić information content (AvgIpc) is 3.13. The molecule has 1 aliphatic heterocycles. The van der Waals surface area contributed by atoms with Crippen LogP contribution in [0.2, 0.25) is 5.02 Å². The minimum atomic E-state index is -0.678. The molecule has 0 unspecified atom stereocenters. The number of thiophene rings is 1. The van der Waals surface area contributed by atoms with Gasteiger partial charge in [-0.1, -0.05) is 30.9 Å². The molecular weight excluding hydrogens is 443 g/mol. The fraction of sp³-hybridized carbons (Fsp3) is 0.545. The summed E-state index contributed by atoms with van der Waals surface area (Å²) >= 11 is 7.31. The Morgan fingerprint density at radius 2 is 1.97 bits per heavy atom. The second-order valence-corrected chi connectivity index (χ2v) is 9.55. The number of nitrogens with one attached hydrogen (secondary N) is 1. The van der Waals surface area contributed by atoms with Crippen LogP contribution in [0.5, 0.6) is 0 Å². The van der Waals surface area contributed by atoms with Crippen LogP contribution >= 0.6 is 22.9 Å². The fourth-order valence-corrected chi connectivity index (χ4v) is 5.96. The maximum Gasteiger partial charge on any atom is 0.350 e. The number of amides is 1. The van der Waals surface area contributed by atoms with Crippen molar-refractivity contribution in [1.29, 1.82) is 0 Å². The van der Waals surface area contributed by atoms with Crippen molar-refractivity contribution in [2.75, 3.05) is 39.5 Å². The van der Waals surface area contributed by atoms with Crippen LogP contribution in [0, 0.1) is 5.82 Å². The van der Waals surface area contributed by atoms with Crippen molar-refractivity contribution >= 4 is 44.9 Å². The van der Waals surface area contributed by atoms with Gasteiger partial charge in [-0.25, -0.2) is 9.18 Å². The molecule has 1 saturated heterocycles. The van der Waals surface area contributed by atoms with Crippen molar-refractivity contribution in [2.45, 2.75) is 37.6 Å². The molecule has 1 saturated carbocycles. The Morgan fingerprint density at radius 3 is 2.71 bits per heavy atom. The third kappa shape index (κ3) is 5.03. The third-order valence-corrected chi connectivity index (χ3v) is 7.83. The lowest BCUT2D eigenvalue weighted by atomic mass is 9.79. The van der Waals surface area contributed by atoms with E-state index in [4.69, 9.17) is 21.1 Å². The lowest BCUT2D eigenvalue weighted by Crippen LogP contribution is -2.59. The summed E-state index contributed by atoms with van der Waals surface area (Å²) in [6.45, 7) is 3.33. The molecule has 6 nitrogen and oxygen atoms in total. The smallest absolute Gasteiger partial charge is 0.350 e. The van der Waals surface area contributed by atoms with Crippen molar-refractivity contribution in [2.24, 2.45) is 0 Å². The summed E-state index contributed by atoms with van der Waals surface area (Å²) in [5, 5.41) is 3.78. The lowest BCUT2D eigenvalue weighted by molar-refractivity contribution is -0.125. The molecule has 1 aliphatic carbocycles. The second kappa shape index (κ2) is 9.81. The molecule has 1 amide bonds. The number of rotatable bonds is 6. The topological polar surface area (TPSA) is 67.9 Å². The minimum absolute atomic E-state index is 0.0550. The number of esters is 1. The number of carbonyl (C=O) groups is 2. The van der Waals surface area contributed by atoms with Gasteiger partial charge in [0, 0.05) is 35.3 Å². The molecule has 9 heteroatoms. The van der Waals surface area contributed by atoms with E-state index >= 15 is 0 Å². The number of fused-ring (bicyclic) bond motifs is 1. The van der Waals surface area contributed by atoms with Crippen LogP contribution in [-0.4, -0.2) is 61.8 Å². The zero-order valence-electron chi connectivity index (χ0n) is 17.3. The number of halogens is 2. The van der Waals surface area contributed by atoms with Crippen LogP contribution in [-0.2, 0) is 14.3 Å². The summed E-state index contributed by atoms with van der Waals surface area (Å²) in [5.74, 6) is -1.42. The monoisotopic (exact) mass is 468 g/mol. The molecule has 1 N–H and O–H groups in total. The summed E-state index contributed by atoms with van der Waals surface area (Å²) in [7, 11) is 0. The number of carbonyl (C=O) groups excluding carboxylic acids is 2. The summed E-state index contributed by atoms with van der Waals surface area (Å²) < 4.78 is 24.7. The Balaban J connectivity index is 1.34. The Labute approximate surface area is 189 Å². The predicted octanol–water partition coefficient (Wildman–Crippen LogP) is 4.00. The Kier molecular flexibility index (Phi) is 7.11. The summed E-state index contributed by atoms with van der Waals surface area (Å²) in [6, 6.07) is 4.14. The van der Waals surface area contributed by atoms with Gasteiger partial charge in [-0.05, 0) is 31.0 Å². The Bertz CT molecular complexity index is 954. The van der Waals surface area contributed by atoms with E-state index in [2.05, 4.69) is 10.2 Å². The van der Waals surface area contributed by atoms with Crippen molar-refractivity contribution in [3.63, 3.8) is 0 Å². The zero-order valence-corrected chi connectivity index (χ0v) is 18.8. The molecule has 0 radical (unpaired) electrons. The van der Waals surface area contributed by atoms with Crippen LogP contribution in [0.15, 0.2) is 18.2 Å². The van der Waals surface area contributed by atoms with Gasteiger partial charge in [-0.2, -0.15) is 0 Å². The van der Waals surface area contributed by atoms with Crippen molar-refractivity contribution in [1.82, 2.24) is 10.2 Å². The van der Waals surface area contributed by atoms with Crippen molar-refractivity contribution in [3.05, 3.63) is 33.9 Å². The third-order valence-electron chi connectivity index (χ3n) is 6.19. The first-order chi connectivity index (χ1) is 15.0. The largest absolute Gasteiger partial charge is 0.451 e. The number of hydrogen-bond acceptors (Lipinski definition) is 6. The fourth-order valence-electron chi connectivity index (χ4n) is 4.53. The maximum absolute atomic E-state index is 13.4. The molecule has 1 aromatic heterocycles.